The molecule has 0 aromatic heterocycles. The van der Waals surface area contributed by atoms with E-state index in [0.717, 1.165) is 64.7 Å². The highest BCUT2D eigenvalue weighted by molar-refractivity contribution is 7.89. The van der Waals surface area contributed by atoms with Gasteiger partial charge in [0.15, 0.2) is 5.96 Å². The van der Waals surface area contributed by atoms with Crippen LogP contribution in [0, 0.1) is 0 Å². The summed E-state index contributed by atoms with van der Waals surface area (Å²) in [5.41, 5.74) is 10.5. The Morgan fingerprint density at radius 1 is 0.815 bits per heavy atom. The van der Waals surface area contributed by atoms with Crippen molar-refractivity contribution in [3.8, 4) is 0 Å². The summed E-state index contributed by atoms with van der Waals surface area (Å²) in [7, 11) is -3.07. The molecule has 0 aliphatic rings. The summed E-state index contributed by atoms with van der Waals surface area (Å²) in [5.74, 6) is 0.380. The van der Waals surface area contributed by atoms with Crippen molar-refractivity contribution in [3.63, 3.8) is 0 Å². The molecule has 0 amide bonds. The van der Waals surface area contributed by atoms with Crippen LogP contribution in [0.3, 0.4) is 0 Å². The molecule has 0 unspecified atom stereocenters. The molecule has 0 aromatic carbocycles. The highest BCUT2D eigenvalue weighted by Crippen LogP contribution is 1.93. The van der Waals surface area contributed by atoms with Crippen molar-refractivity contribution in [3.05, 3.63) is 0 Å². The Morgan fingerprint density at radius 2 is 1.33 bits per heavy atom. The van der Waals surface area contributed by atoms with E-state index in [1.165, 1.54) is 0 Å². The van der Waals surface area contributed by atoms with Crippen LogP contribution in [0.15, 0.2) is 4.99 Å². The maximum Gasteiger partial charge on any atom is 0.211 e. The number of sulfonamides is 1. The van der Waals surface area contributed by atoms with Gasteiger partial charge in [-0.1, -0.05) is 13.3 Å². The van der Waals surface area contributed by atoms with Crippen LogP contribution in [0.25, 0.3) is 0 Å². The van der Waals surface area contributed by atoms with Crippen molar-refractivity contribution in [1.29, 1.82) is 0 Å². The number of guanidine groups is 1. The minimum absolute atomic E-state index is 0. The molecule has 0 saturated heterocycles. The smallest absolute Gasteiger partial charge is 0.211 e. The third kappa shape index (κ3) is 28.3. The molecule has 0 fully saturated rings. The molecular formula is C15H39Cl3N6O2S. The van der Waals surface area contributed by atoms with Gasteiger partial charge in [-0.15, -0.1) is 37.2 Å². The molecule has 8 nitrogen and oxygen atoms in total. The minimum atomic E-state index is -3.07. The molecule has 0 atom stereocenters. The fourth-order valence-corrected chi connectivity index (χ4v) is 3.28. The number of unbranched alkanes of at least 4 members (excludes halogenated alkanes) is 2. The number of halogens is 3. The zero-order valence-corrected chi connectivity index (χ0v) is 19.5. The van der Waals surface area contributed by atoms with Crippen molar-refractivity contribution in [2.45, 2.75) is 45.4 Å². The Labute approximate surface area is 183 Å². The molecule has 168 valence electrons. The van der Waals surface area contributed by atoms with E-state index in [2.05, 4.69) is 20.3 Å². The molecule has 0 radical (unpaired) electrons. The molecular weight excluding hydrogens is 435 g/mol. The van der Waals surface area contributed by atoms with Crippen LogP contribution in [-0.2, 0) is 10.0 Å². The summed E-state index contributed by atoms with van der Waals surface area (Å²) in [6.07, 6.45) is 5.57. The van der Waals surface area contributed by atoms with Gasteiger partial charge in [0.2, 0.25) is 10.0 Å². The Kier molecular flexibility index (Phi) is 30.7. The van der Waals surface area contributed by atoms with Gasteiger partial charge in [-0.2, -0.15) is 0 Å². The first-order chi connectivity index (χ1) is 11.5. The van der Waals surface area contributed by atoms with Crippen LogP contribution in [0.5, 0.6) is 0 Å². The quantitative estimate of drug-likeness (QED) is 0.121. The lowest BCUT2D eigenvalue weighted by Gasteiger charge is -2.07. The van der Waals surface area contributed by atoms with E-state index >= 15 is 0 Å². The summed E-state index contributed by atoms with van der Waals surface area (Å²) in [6, 6.07) is 0. The van der Waals surface area contributed by atoms with Crippen molar-refractivity contribution in [1.82, 2.24) is 15.4 Å². The number of hydrogen-bond donors (Lipinski definition) is 5. The Hall–Kier alpha value is -0.0300. The first kappa shape index (κ1) is 34.5. The Morgan fingerprint density at radius 3 is 1.85 bits per heavy atom. The van der Waals surface area contributed by atoms with Gasteiger partial charge in [0.25, 0.3) is 0 Å². The van der Waals surface area contributed by atoms with Crippen molar-refractivity contribution in [2.24, 2.45) is 16.5 Å². The lowest BCUT2D eigenvalue weighted by atomic mass is 10.3. The lowest BCUT2D eigenvalue weighted by Crippen LogP contribution is -2.29. The second-order valence-corrected chi connectivity index (χ2v) is 7.71. The van der Waals surface area contributed by atoms with Gasteiger partial charge in [0.05, 0.1) is 5.75 Å². The average Bonchev–Trinajstić information content (AvgIpc) is 2.53. The summed E-state index contributed by atoms with van der Waals surface area (Å²) in [4.78, 5) is 3.92. The highest BCUT2D eigenvalue weighted by atomic mass is 35.5. The third-order valence-corrected chi connectivity index (χ3v) is 4.85. The second kappa shape index (κ2) is 24.0. The fourth-order valence-electron chi connectivity index (χ4n) is 2.01. The topological polar surface area (TPSA) is 135 Å². The standard InChI is InChI=1S/C15H36N6O2S.3ClH/c1-2-3-14-24(22,23)21-13-7-11-19-9-5-4-8-18-10-6-12-20-15(16)17;;;/h18-19,21H,2-14H2,1H3,(H4,16,17,20);3*1H. The zero-order valence-electron chi connectivity index (χ0n) is 16.2. The van der Waals surface area contributed by atoms with Gasteiger partial charge in [-0.3, -0.25) is 4.99 Å². The number of aliphatic imine (C=N–C) groups is 1. The van der Waals surface area contributed by atoms with E-state index in [-0.39, 0.29) is 48.9 Å². The predicted octanol–water partition coefficient (Wildman–Crippen LogP) is 0.984. The van der Waals surface area contributed by atoms with E-state index < -0.39 is 10.0 Å². The summed E-state index contributed by atoms with van der Waals surface area (Å²) < 4.78 is 25.8. The fraction of sp³-hybridized carbons (Fsp3) is 0.933. The maximum atomic E-state index is 11.6. The van der Waals surface area contributed by atoms with Gasteiger partial charge < -0.3 is 22.1 Å². The van der Waals surface area contributed by atoms with Gasteiger partial charge >= 0.3 is 0 Å². The third-order valence-electron chi connectivity index (χ3n) is 3.38. The van der Waals surface area contributed by atoms with Gasteiger partial charge in [0.1, 0.15) is 0 Å². The van der Waals surface area contributed by atoms with Crippen LogP contribution >= 0.6 is 37.2 Å². The zero-order chi connectivity index (χ0) is 18.1. The van der Waals surface area contributed by atoms with E-state index in [4.69, 9.17) is 11.5 Å². The van der Waals surface area contributed by atoms with Gasteiger partial charge in [0, 0.05) is 13.1 Å². The molecule has 0 aromatic rings. The highest BCUT2D eigenvalue weighted by Gasteiger charge is 2.07. The maximum absolute atomic E-state index is 11.6. The molecule has 0 aliphatic heterocycles. The second-order valence-electron chi connectivity index (χ2n) is 5.79. The molecule has 0 bridgehead atoms. The molecule has 0 saturated carbocycles. The lowest BCUT2D eigenvalue weighted by molar-refractivity contribution is 0.557. The molecule has 12 heteroatoms. The Balaban J connectivity index is -0.000000882. The first-order valence-electron chi connectivity index (χ1n) is 8.92. The molecule has 7 N–H and O–H groups in total. The largest absolute Gasteiger partial charge is 0.370 e. The number of rotatable bonds is 17. The van der Waals surface area contributed by atoms with E-state index in [9.17, 15) is 8.42 Å². The van der Waals surface area contributed by atoms with Crippen molar-refractivity contribution >= 4 is 53.2 Å². The number of hydrogen-bond acceptors (Lipinski definition) is 5. The number of nitrogens with one attached hydrogen (secondary N) is 3. The first-order valence-corrected chi connectivity index (χ1v) is 10.6. The average molecular weight is 474 g/mol. The SMILES string of the molecule is CCCCS(=O)(=O)NCCCNCCCCNCCCN=C(N)N.Cl.Cl.Cl. The van der Waals surface area contributed by atoms with Crippen LogP contribution in [0.1, 0.15) is 45.4 Å². The molecule has 0 aliphatic carbocycles. The Bertz CT molecular complexity index is 424. The van der Waals surface area contributed by atoms with Crippen LogP contribution < -0.4 is 26.8 Å². The molecule has 0 rings (SSSR count). The minimum Gasteiger partial charge on any atom is -0.370 e. The summed E-state index contributed by atoms with van der Waals surface area (Å²) >= 11 is 0. The van der Waals surface area contributed by atoms with E-state index in [1.54, 1.807) is 0 Å². The van der Waals surface area contributed by atoms with Crippen molar-refractivity contribution in [2.75, 3.05) is 45.0 Å². The van der Waals surface area contributed by atoms with Crippen LogP contribution in [0.2, 0.25) is 0 Å². The van der Waals surface area contributed by atoms with E-state index in [0.29, 0.717) is 13.1 Å². The van der Waals surface area contributed by atoms with Crippen molar-refractivity contribution < 1.29 is 8.42 Å². The molecule has 27 heavy (non-hydrogen) atoms. The number of nitrogens with zero attached hydrogens (tertiary/aromatic N) is 1. The van der Waals surface area contributed by atoms with Crippen LogP contribution in [0.4, 0.5) is 0 Å². The van der Waals surface area contributed by atoms with Gasteiger partial charge in [-0.05, 0) is 58.3 Å². The van der Waals surface area contributed by atoms with Crippen LogP contribution in [-0.4, -0.2) is 59.4 Å². The summed E-state index contributed by atoms with van der Waals surface area (Å²) in [6.45, 7) is 6.86. The number of nitrogens with two attached hydrogens (primary N) is 2. The van der Waals surface area contributed by atoms with Gasteiger partial charge in [-0.25, -0.2) is 13.1 Å². The summed E-state index contributed by atoms with van der Waals surface area (Å²) in [5, 5.41) is 6.68. The normalized spacial score (nSPS) is 10.3. The van der Waals surface area contributed by atoms with E-state index in [1.807, 2.05) is 6.92 Å². The predicted molar refractivity (Wildman–Crippen MR) is 123 cm³/mol. The molecule has 0 heterocycles. The monoisotopic (exact) mass is 472 g/mol. The molecule has 0 spiro atoms.